The number of hydrogen-bond acceptors (Lipinski definition) is 4. The first-order chi connectivity index (χ1) is 12.0. The second kappa shape index (κ2) is 6.71. The van der Waals surface area contributed by atoms with E-state index in [-0.39, 0.29) is 17.2 Å². The van der Waals surface area contributed by atoms with E-state index in [0.717, 1.165) is 16.4 Å². The zero-order valence-corrected chi connectivity index (χ0v) is 16.3. The van der Waals surface area contributed by atoms with Crippen LogP contribution in [0.3, 0.4) is 0 Å². The van der Waals surface area contributed by atoms with E-state index >= 15 is 0 Å². The highest BCUT2D eigenvalue weighted by molar-refractivity contribution is 8.00. The zero-order valence-electron chi connectivity index (χ0n) is 13.9. The van der Waals surface area contributed by atoms with Crippen molar-refractivity contribution in [2.45, 2.75) is 29.0 Å². The first kappa shape index (κ1) is 17.0. The lowest BCUT2D eigenvalue weighted by Gasteiger charge is -2.28. The Kier molecular flexibility index (Phi) is 4.56. The minimum Gasteiger partial charge on any atom is -0.273 e. The highest BCUT2D eigenvalue weighted by Crippen LogP contribution is 2.44. The van der Waals surface area contributed by atoms with Gasteiger partial charge in [-0.15, -0.1) is 11.8 Å². The fourth-order valence-electron chi connectivity index (χ4n) is 3.15. The monoisotopic (exact) mass is 388 g/mol. The third kappa shape index (κ3) is 3.21. The summed E-state index contributed by atoms with van der Waals surface area (Å²) in [6, 6.07) is 14.2. The molecule has 0 unspecified atom stereocenters. The molecule has 2 aliphatic heterocycles. The first-order valence-electron chi connectivity index (χ1n) is 8.07. The molecule has 6 heteroatoms. The van der Waals surface area contributed by atoms with Gasteiger partial charge in [-0.3, -0.25) is 4.79 Å². The summed E-state index contributed by atoms with van der Waals surface area (Å²) in [6.45, 7) is 3.67. The molecular weight excluding hydrogens is 372 g/mol. The van der Waals surface area contributed by atoms with Crippen LogP contribution >= 0.6 is 35.1 Å². The minimum absolute atomic E-state index is 0.0187. The molecule has 0 spiro atoms. The topological polar surface area (TPSA) is 32.7 Å². The Hall–Kier alpha value is -1.43. The summed E-state index contributed by atoms with van der Waals surface area (Å²) in [5, 5.41) is 7.08. The van der Waals surface area contributed by atoms with Crippen LogP contribution in [0.1, 0.15) is 18.1 Å². The van der Waals surface area contributed by atoms with Crippen molar-refractivity contribution in [3.05, 3.63) is 58.6 Å². The van der Waals surface area contributed by atoms with Crippen LogP contribution in [0.15, 0.2) is 57.4 Å². The number of hydrogen-bond donors (Lipinski definition) is 0. The standard InChI is InChI=1S/C19H17ClN2OS2/c1-11-3-8-17-15(9-11)18-16(10-24-17)19(22(21-18)12(2)23)25-14-6-4-13(20)5-7-14/h3-9,16,19H,10H2,1-2H3/t16-,19+/m1/s1. The maximum Gasteiger partial charge on any atom is 0.240 e. The van der Waals surface area contributed by atoms with Crippen LogP contribution in [0.25, 0.3) is 0 Å². The Balaban J connectivity index is 1.70. The van der Waals surface area contributed by atoms with Gasteiger partial charge in [-0.2, -0.15) is 5.10 Å². The van der Waals surface area contributed by atoms with Gasteiger partial charge in [0.1, 0.15) is 5.37 Å². The predicted molar refractivity (Wildman–Crippen MR) is 106 cm³/mol. The molecule has 2 heterocycles. The Morgan fingerprint density at radius 3 is 2.76 bits per heavy atom. The largest absolute Gasteiger partial charge is 0.273 e. The Morgan fingerprint density at radius 2 is 2.04 bits per heavy atom. The minimum atomic E-state index is -0.0208. The number of carbonyl (C=O) groups excluding carboxylic acids is 1. The van der Waals surface area contributed by atoms with Gasteiger partial charge in [0.15, 0.2) is 0 Å². The maximum absolute atomic E-state index is 12.2. The van der Waals surface area contributed by atoms with E-state index in [1.54, 1.807) is 23.7 Å². The van der Waals surface area contributed by atoms with Crippen molar-refractivity contribution in [3.8, 4) is 0 Å². The highest BCUT2D eigenvalue weighted by atomic mass is 35.5. The summed E-state index contributed by atoms with van der Waals surface area (Å²) in [5.41, 5.74) is 3.43. The van der Waals surface area contributed by atoms with Crippen molar-refractivity contribution in [3.63, 3.8) is 0 Å². The lowest BCUT2D eigenvalue weighted by Crippen LogP contribution is -2.35. The van der Waals surface area contributed by atoms with Crippen molar-refractivity contribution in [1.82, 2.24) is 5.01 Å². The highest BCUT2D eigenvalue weighted by Gasteiger charge is 2.43. The molecular formula is C19H17ClN2OS2. The predicted octanol–water partition coefficient (Wildman–Crippen LogP) is 5.05. The molecule has 0 aliphatic carbocycles. The molecule has 0 radical (unpaired) electrons. The van der Waals surface area contributed by atoms with E-state index in [0.29, 0.717) is 5.02 Å². The molecule has 4 rings (SSSR count). The van der Waals surface area contributed by atoms with E-state index in [4.69, 9.17) is 16.7 Å². The van der Waals surface area contributed by atoms with Crippen LogP contribution in [0.5, 0.6) is 0 Å². The molecule has 128 valence electrons. The van der Waals surface area contributed by atoms with Crippen molar-refractivity contribution in [2.75, 3.05) is 5.75 Å². The lowest BCUT2D eigenvalue weighted by atomic mass is 9.97. The number of nitrogens with zero attached hydrogens (tertiary/aromatic N) is 2. The molecule has 2 aromatic rings. The van der Waals surface area contributed by atoms with Gasteiger partial charge in [-0.05, 0) is 43.3 Å². The fraction of sp³-hybridized carbons (Fsp3) is 0.263. The van der Waals surface area contributed by atoms with Crippen molar-refractivity contribution >= 4 is 46.7 Å². The lowest BCUT2D eigenvalue weighted by molar-refractivity contribution is -0.129. The molecule has 2 aliphatic rings. The van der Waals surface area contributed by atoms with Gasteiger partial charge >= 0.3 is 0 Å². The third-order valence-electron chi connectivity index (χ3n) is 4.37. The third-order valence-corrected chi connectivity index (χ3v) is 7.13. The number of aryl methyl sites for hydroxylation is 1. The van der Waals surface area contributed by atoms with E-state index in [1.165, 1.54) is 16.0 Å². The molecule has 25 heavy (non-hydrogen) atoms. The van der Waals surface area contributed by atoms with Crippen molar-refractivity contribution in [1.29, 1.82) is 0 Å². The van der Waals surface area contributed by atoms with Gasteiger partial charge < -0.3 is 0 Å². The van der Waals surface area contributed by atoms with Crippen LogP contribution < -0.4 is 0 Å². The molecule has 2 aromatic carbocycles. The quantitative estimate of drug-likeness (QED) is 0.721. The molecule has 0 fully saturated rings. The Morgan fingerprint density at radius 1 is 1.28 bits per heavy atom. The summed E-state index contributed by atoms with van der Waals surface area (Å²) in [4.78, 5) is 14.5. The van der Waals surface area contributed by atoms with E-state index < -0.39 is 0 Å². The second-order valence-electron chi connectivity index (χ2n) is 6.23. The normalized spacial score (nSPS) is 21.6. The van der Waals surface area contributed by atoms with Crippen molar-refractivity contribution < 1.29 is 4.79 Å². The SMILES string of the molecule is CC(=O)N1N=C2c3cc(C)ccc3SC[C@H]2[C@@H]1Sc1ccc(Cl)cc1. The molecule has 1 amide bonds. The number of halogens is 1. The van der Waals surface area contributed by atoms with Crippen LogP contribution in [0.4, 0.5) is 0 Å². The van der Waals surface area contributed by atoms with Gasteiger partial charge in [0.2, 0.25) is 5.91 Å². The van der Waals surface area contributed by atoms with Gasteiger partial charge in [-0.25, -0.2) is 5.01 Å². The van der Waals surface area contributed by atoms with Crippen LogP contribution in [0.2, 0.25) is 5.02 Å². The molecule has 0 saturated heterocycles. The number of amides is 1. The van der Waals surface area contributed by atoms with Gasteiger partial charge in [0.05, 0.1) is 5.71 Å². The molecule has 0 aromatic heterocycles. The Bertz CT molecular complexity index is 866. The van der Waals surface area contributed by atoms with Crippen LogP contribution in [0, 0.1) is 12.8 Å². The van der Waals surface area contributed by atoms with Crippen LogP contribution in [-0.2, 0) is 4.79 Å². The van der Waals surface area contributed by atoms with Gasteiger partial charge in [-0.1, -0.05) is 35.0 Å². The molecule has 3 nitrogen and oxygen atoms in total. The maximum atomic E-state index is 12.2. The molecule has 2 atom stereocenters. The molecule has 0 saturated carbocycles. The van der Waals surface area contributed by atoms with E-state index in [9.17, 15) is 4.79 Å². The molecule has 0 N–H and O–H groups in total. The molecule has 0 bridgehead atoms. The summed E-state index contributed by atoms with van der Waals surface area (Å²) >= 11 is 9.52. The van der Waals surface area contributed by atoms with E-state index in [1.807, 2.05) is 36.0 Å². The summed E-state index contributed by atoms with van der Waals surface area (Å²) < 4.78 is 0. The van der Waals surface area contributed by atoms with Crippen molar-refractivity contribution in [2.24, 2.45) is 11.0 Å². The van der Waals surface area contributed by atoms with Gasteiger partial charge in [0, 0.05) is 39.0 Å². The number of carbonyl (C=O) groups is 1. The zero-order chi connectivity index (χ0) is 17.6. The van der Waals surface area contributed by atoms with E-state index in [2.05, 4.69) is 25.1 Å². The average Bonchev–Trinajstić information content (AvgIpc) is 2.96. The smallest absolute Gasteiger partial charge is 0.240 e. The van der Waals surface area contributed by atoms with Crippen LogP contribution in [-0.4, -0.2) is 27.8 Å². The number of hydrazone groups is 1. The fourth-order valence-corrected chi connectivity index (χ4v) is 5.84. The number of benzene rings is 2. The number of rotatable bonds is 2. The summed E-state index contributed by atoms with van der Waals surface area (Å²) in [6.07, 6.45) is 0. The Labute approximate surface area is 160 Å². The number of fused-ring (bicyclic) bond motifs is 3. The summed E-state index contributed by atoms with van der Waals surface area (Å²) in [7, 11) is 0. The van der Waals surface area contributed by atoms with Gasteiger partial charge in [0.25, 0.3) is 0 Å². The second-order valence-corrected chi connectivity index (χ2v) is 8.92. The first-order valence-corrected chi connectivity index (χ1v) is 10.3. The summed E-state index contributed by atoms with van der Waals surface area (Å²) in [5.74, 6) is 1.14. The number of thioether (sulfide) groups is 2. The average molecular weight is 389 g/mol.